The van der Waals surface area contributed by atoms with Crippen LogP contribution in [0, 0.1) is 5.92 Å². The van der Waals surface area contributed by atoms with E-state index in [2.05, 4.69) is 22.0 Å². The molecule has 40 heavy (non-hydrogen) atoms. The van der Waals surface area contributed by atoms with E-state index in [1.807, 2.05) is 18.2 Å². The molecule has 2 bridgehead atoms. The summed E-state index contributed by atoms with van der Waals surface area (Å²) in [5.74, 6) is -1.45. The smallest absolute Gasteiger partial charge is 0.360 e. The van der Waals surface area contributed by atoms with Gasteiger partial charge in [-0.25, -0.2) is 9.78 Å². The van der Waals surface area contributed by atoms with Crippen molar-refractivity contribution in [2.75, 3.05) is 0 Å². The number of aromatic nitrogens is 2. The van der Waals surface area contributed by atoms with Crippen LogP contribution in [-0.4, -0.2) is 61.4 Å². The van der Waals surface area contributed by atoms with Gasteiger partial charge in [0.15, 0.2) is 5.69 Å². The Morgan fingerprint density at radius 2 is 1.73 bits per heavy atom. The van der Waals surface area contributed by atoms with Crippen LogP contribution < -0.4 is 11.3 Å². The van der Waals surface area contributed by atoms with E-state index in [0.717, 1.165) is 31.6 Å². The zero-order chi connectivity index (χ0) is 28.4. The van der Waals surface area contributed by atoms with E-state index in [9.17, 15) is 19.5 Å². The summed E-state index contributed by atoms with van der Waals surface area (Å²) in [6.07, 6.45) is 11.7. The van der Waals surface area contributed by atoms with Gasteiger partial charge in [-0.3, -0.25) is 14.5 Å². The molecule has 6 atom stereocenters. The van der Waals surface area contributed by atoms with Crippen LogP contribution >= 0.6 is 0 Å². The number of hydrogen-bond acceptors (Lipinski definition) is 7. The molecular weight excluding hydrogens is 510 g/mol. The van der Waals surface area contributed by atoms with Crippen molar-refractivity contribution in [3.05, 3.63) is 40.3 Å². The summed E-state index contributed by atoms with van der Waals surface area (Å²) in [5.41, 5.74) is 4.98. The molecule has 5 rings (SSSR count). The maximum Gasteiger partial charge on any atom is 0.360 e. The number of fused-ring (bicyclic) bond motifs is 3. The van der Waals surface area contributed by atoms with E-state index < -0.39 is 29.3 Å². The van der Waals surface area contributed by atoms with Crippen LogP contribution in [0.4, 0.5) is 0 Å². The molecule has 3 fully saturated rings. The molecule has 2 aliphatic heterocycles. The van der Waals surface area contributed by atoms with Gasteiger partial charge in [0.2, 0.25) is 11.8 Å². The molecule has 0 spiro atoms. The largest absolute Gasteiger partial charge is 0.476 e. The number of nitrogens with two attached hydrogens (primary N) is 1. The van der Waals surface area contributed by atoms with Crippen LogP contribution in [0.3, 0.4) is 0 Å². The highest BCUT2D eigenvalue weighted by Gasteiger charge is 2.44. The van der Waals surface area contributed by atoms with Gasteiger partial charge in [-0.2, -0.15) is 0 Å². The van der Waals surface area contributed by atoms with Gasteiger partial charge in [0.05, 0.1) is 11.0 Å². The molecule has 1 amide bonds. The highest BCUT2D eigenvalue weighted by atomic mass is 16.6. The highest BCUT2D eigenvalue weighted by molar-refractivity contribution is 6.41. The molecule has 2 saturated heterocycles. The Morgan fingerprint density at radius 3 is 2.38 bits per heavy atom. The summed E-state index contributed by atoms with van der Waals surface area (Å²) in [5, 5.41) is 13.6. The summed E-state index contributed by atoms with van der Waals surface area (Å²) in [6.45, 7) is 3.64. The predicted octanol–water partition coefficient (Wildman–Crippen LogP) is 3.99. The van der Waals surface area contributed by atoms with E-state index >= 15 is 0 Å². The molecule has 3 aliphatic rings. The van der Waals surface area contributed by atoms with Crippen molar-refractivity contribution >= 4 is 28.6 Å². The summed E-state index contributed by atoms with van der Waals surface area (Å²) in [7, 11) is 0. The molecule has 1 saturated carbocycles. The van der Waals surface area contributed by atoms with Crippen LogP contribution in [0.25, 0.3) is 11.0 Å². The number of aliphatic carboxylic acids is 1. The minimum Gasteiger partial charge on any atom is -0.476 e. The first-order chi connectivity index (χ1) is 19.3. The molecule has 1 aromatic carbocycles. The second-order valence-electron chi connectivity index (χ2n) is 11.8. The average Bonchev–Trinajstić information content (AvgIpc) is 2.92. The Balaban J connectivity index is 1.51. The maximum atomic E-state index is 14.0. The van der Waals surface area contributed by atoms with Crippen molar-refractivity contribution in [3.8, 4) is 0 Å². The molecule has 10 heteroatoms. The van der Waals surface area contributed by atoms with Crippen LogP contribution in [0.1, 0.15) is 96.2 Å². The third-order valence-corrected chi connectivity index (χ3v) is 9.17. The van der Waals surface area contributed by atoms with Crippen molar-refractivity contribution < 1.29 is 19.5 Å². The number of carboxylic acids is 1. The number of amides is 1. The zero-order valence-electron chi connectivity index (χ0n) is 23.5. The van der Waals surface area contributed by atoms with Crippen LogP contribution in [-0.2, 0) is 14.4 Å². The highest BCUT2D eigenvalue weighted by Crippen LogP contribution is 2.44. The monoisotopic (exact) mass is 551 g/mol. The normalized spacial score (nSPS) is 28.2. The standard InChI is InChI=1S/C30H41N5O5/c1-3-8-19-9-6-10-20(15-19)34-21-11-7-12-22(34)17-23(16-21)35-25-14-5-4-13-24(25)32-26(29(35)37)27(30(38)39)33-40-18(2)28(31)36/h4-5,13-14,18-23H,3,6-12,15-17H2,1-2H3,(H2,31,36)(H,38,39)/b33-27-/t18?,19-,20-,21-,22+,23+/m0/s1. The Labute approximate surface area is 234 Å². The predicted molar refractivity (Wildman–Crippen MR) is 152 cm³/mol. The SMILES string of the molecule is CCC[C@H]1CCC[C@H](N2[C@@H]3CCC[C@H]2C[C@@H](n2c(=O)c(/C(=N/OC(C)C(N)=O)C(=O)O)nc4ccccc42)C3)C1. The van der Waals surface area contributed by atoms with Crippen LogP contribution in [0.15, 0.2) is 34.2 Å². The second kappa shape index (κ2) is 12.1. The van der Waals surface area contributed by atoms with Gasteiger partial charge >= 0.3 is 5.97 Å². The fourth-order valence-corrected chi connectivity index (χ4v) is 7.44. The van der Waals surface area contributed by atoms with E-state index in [4.69, 9.17) is 10.6 Å². The van der Waals surface area contributed by atoms with Gasteiger partial charge in [0.25, 0.3) is 11.5 Å². The third-order valence-electron chi connectivity index (χ3n) is 9.17. The van der Waals surface area contributed by atoms with E-state index in [-0.39, 0.29) is 11.7 Å². The molecule has 1 unspecified atom stereocenters. The van der Waals surface area contributed by atoms with Gasteiger partial charge in [0.1, 0.15) is 0 Å². The van der Waals surface area contributed by atoms with Crippen molar-refractivity contribution in [3.63, 3.8) is 0 Å². The number of nitrogens with zero attached hydrogens (tertiary/aromatic N) is 4. The zero-order valence-corrected chi connectivity index (χ0v) is 23.5. The van der Waals surface area contributed by atoms with Gasteiger partial charge < -0.3 is 20.2 Å². The quantitative estimate of drug-likeness (QED) is 0.355. The Bertz CT molecular complexity index is 1320. The number of benzene rings is 1. The van der Waals surface area contributed by atoms with E-state index in [1.54, 1.807) is 10.6 Å². The number of carbonyl (C=O) groups excluding carboxylic acids is 1. The minimum atomic E-state index is -1.46. The van der Waals surface area contributed by atoms with Crippen LogP contribution in [0.2, 0.25) is 0 Å². The van der Waals surface area contributed by atoms with Crippen molar-refractivity contribution in [1.82, 2.24) is 14.5 Å². The number of hydrogen-bond donors (Lipinski definition) is 2. The molecular formula is C30H41N5O5. The summed E-state index contributed by atoms with van der Waals surface area (Å²) >= 11 is 0. The second-order valence-corrected chi connectivity index (χ2v) is 11.8. The number of rotatable bonds is 9. The lowest BCUT2D eigenvalue weighted by Crippen LogP contribution is -2.58. The average molecular weight is 552 g/mol. The summed E-state index contributed by atoms with van der Waals surface area (Å²) in [4.78, 5) is 49.9. The third kappa shape index (κ3) is 5.64. The molecule has 3 heterocycles. The van der Waals surface area contributed by atoms with E-state index in [0.29, 0.717) is 29.2 Å². The number of para-hydroxylation sites is 2. The van der Waals surface area contributed by atoms with Gasteiger partial charge in [-0.1, -0.05) is 56.3 Å². The topological polar surface area (TPSA) is 140 Å². The molecule has 1 aromatic heterocycles. The maximum absolute atomic E-state index is 14.0. The Morgan fingerprint density at radius 1 is 1.07 bits per heavy atom. The van der Waals surface area contributed by atoms with Crippen molar-refractivity contribution in [2.24, 2.45) is 16.8 Å². The first kappa shape index (κ1) is 28.3. The summed E-state index contributed by atoms with van der Waals surface area (Å²) in [6, 6.07) is 8.65. The molecule has 1 aliphatic carbocycles. The number of carbonyl (C=O) groups is 2. The number of carboxylic acid groups (broad SMARTS) is 1. The molecule has 2 aromatic rings. The number of oxime groups is 1. The molecule has 0 radical (unpaired) electrons. The van der Waals surface area contributed by atoms with Crippen LogP contribution in [0.5, 0.6) is 0 Å². The first-order valence-electron chi connectivity index (χ1n) is 14.8. The fourth-order valence-electron chi connectivity index (χ4n) is 7.44. The first-order valence-corrected chi connectivity index (χ1v) is 14.8. The van der Waals surface area contributed by atoms with Crippen molar-refractivity contribution in [1.29, 1.82) is 0 Å². The Hall–Kier alpha value is -3.27. The minimum absolute atomic E-state index is 0.0822. The summed E-state index contributed by atoms with van der Waals surface area (Å²) < 4.78 is 1.75. The molecule has 10 nitrogen and oxygen atoms in total. The van der Waals surface area contributed by atoms with Gasteiger partial charge in [-0.05, 0) is 63.5 Å². The van der Waals surface area contributed by atoms with Gasteiger partial charge in [-0.15, -0.1) is 0 Å². The van der Waals surface area contributed by atoms with Gasteiger partial charge in [0, 0.05) is 24.2 Å². The number of primary amides is 1. The lowest BCUT2D eigenvalue weighted by Gasteiger charge is -2.54. The van der Waals surface area contributed by atoms with Crippen molar-refractivity contribution in [2.45, 2.75) is 115 Å². The molecule has 216 valence electrons. The lowest BCUT2D eigenvalue weighted by molar-refractivity contribution is -0.131. The lowest BCUT2D eigenvalue weighted by atomic mass is 9.76. The fraction of sp³-hybridized carbons (Fsp3) is 0.633. The van der Waals surface area contributed by atoms with E-state index in [1.165, 1.54) is 51.9 Å². The molecule has 3 N–H and O–H groups in total. The number of piperidine rings is 2. The Kier molecular flexibility index (Phi) is 8.54.